The van der Waals surface area contributed by atoms with Crippen molar-refractivity contribution in [3.8, 4) is 0 Å². The van der Waals surface area contributed by atoms with Gasteiger partial charge in [-0.05, 0) is 37.3 Å². The smallest absolute Gasteiger partial charge is 0.222 e. The van der Waals surface area contributed by atoms with Crippen LogP contribution < -0.4 is 10.6 Å². The molecule has 1 heterocycles. The SMILES string of the molecule is CN=C(NCCCC(=O)N1CCc2ccccc2C1)NC1CC(C)(OC)C1(C)C.I. The first-order valence-electron chi connectivity index (χ1n) is 10.7. The highest BCUT2D eigenvalue weighted by Crippen LogP contribution is 2.51. The molecule has 1 aliphatic carbocycles. The van der Waals surface area contributed by atoms with E-state index in [0.717, 1.165) is 44.9 Å². The van der Waals surface area contributed by atoms with E-state index in [1.807, 2.05) is 11.0 Å². The molecule has 6 nitrogen and oxygen atoms in total. The van der Waals surface area contributed by atoms with Crippen molar-refractivity contribution in [2.45, 2.75) is 64.6 Å². The summed E-state index contributed by atoms with van der Waals surface area (Å²) in [5, 5.41) is 6.86. The number of ether oxygens (including phenoxy) is 1. The molecule has 1 saturated carbocycles. The average molecular weight is 528 g/mol. The van der Waals surface area contributed by atoms with E-state index in [-0.39, 0.29) is 40.9 Å². The van der Waals surface area contributed by atoms with Crippen molar-refractivity contribution in [2.24, 2.45) is 10.4 Å². The molecule has 1 aliphatic heterocycles. The normalized spacial score (nSPS) is 24.9. The van der Waals surface area contributed by atoms with Crippen molar-refractivity contribution in [1.29, 1.82) is 0 Å². The summed E-state index contributed by atoms with van der Waals surface area (Å²) >= 11 is 0. The third kappa shape index (κ3) is 5.10. The van der Waals surface area contributed by atoms with Crippen molar-refractivity contribution in [2.75, 3.05) is 27.2 Å². The number of nitrogens with one attached hydrogen (secondary N) is 2. The Hall–Kier alpha value is -1.35. The molecule has 0 saturated heterocycles. The fourth-order valence-electron chi connectivity index (χ4n) is 4.40. The van der Waals surface area contributed by atoms with Crippen LogP contribution in [-0.4, -0.2) is 55.7 Å². The van der Waals surface area contributed by atoms with Crippen molar-refractivity contribution >= 4 is 35.8 Å². The summed E-state index contributed by atoms with van der Waals surface area (Å²) in [6.45, 7) is 8.89. The van der Waals surface area contributed by atoms with Gasteiger partial charge in [-0.2, -0.15) is 0 Å². The van der Waals surface area contributed by atoms with Gasteiger partial charge in [0.05, 0.1) is 5.60 Å². The van der Waals surface area contributed by atoms with Crippen LogP contribution >= 0.6 is 24.0 Å². The van der Waals surface area contributed by atoms with Crippen LogP contribution in [0.15, 0.2) is 29.3 Å². The second-order valence-electron chi connectivity index (χ2n) is 8.99. The lowest BCUT2D eigenvalue weighted by atomic mass is 9.56. The first kappa shape index (κ1) is 24.9. The number of amides is 1. The van der Waals surface area contributed by atoms with Gasteiger partial charge in [-0.15, -0.1) is 24.0 Å². The van der Waals surface area contributed by atoms with Gasteiger partial charge in [0.2, 0.25) is 5.91 Å². The molecule has 2 N–H and O–H groups in total. The van der Waals surface area contributed by atoms with Gasteiger partial charge >= 0.3 is 0 Å². The van der Waals surface area contributed by atoms with E-state index >= 15 is 0 Å². The first-order chi connectivity index (χ1) is 13.8. The number of guanidine groups is 1. The van der Waals surface area contributed by atoms with E-state index in [2.05, 4.69) is 54.6 Å². The number of carbonyl (C=O) groups excluding carboxylic acids is 1. The van der Waals surface area contributed by atoms with Gasteiger partial charge in [0.25, 0.3) is 0 Å². The zero-order valence-corrected chi connectivity index (χ0v) is 21.3. The number of fused-ring (bicyclic) bond motifs is 1. The second-order valence-corrected chi connectivity index (χ2v) is 8.99. The summed E-state index contributed by atoms with van der Waals surface area (Å²) in [7, 11) is 3.57. The molecule has 2 unspecified atom stereocenters. The van der Waals surface area contributed by atoms with Crippen LogP contribution in [-0.2, 0) is 22.5 Å². The quantitative estimate of drug-likeness (QED) is 0.257. The van der Waals surface area contributed by atoms with E-state index < -0.39 is 0 Å². The monoisotopic (exact) mass is 528 g/mol. The molecular weight excluding hydrogens is 491 g/mol. The topological polar surface area (TPSA) is 66.0 Å². The van der Waals surface area contributed by atoms with Gasteiger partial charge in [-0.25, -0.2) is 0 Å². The molecule has 0 spiro atoms. The number of hydrogen-bond donors (Lipinski definition) is 2. The van der Waals surface area contributed by atoms with Gasteiger partial charge in [0.15, 0.2) is 5.96 Å². The first-order valence-corrected chi connectivity index (χ1v) is 10.7. The summed E-state index contributed by atoms with van der Waals surface area (Å²) in [6.07, 6.45) is 3.25. The summed E-state index contributed by atoms with van der Waals surface area (Å²) < 4.78 is 5.70. The van der Waals surface area contributed by atoms with Crippen molar-refractivity contribution < 1.29 is 9.53 Å². The van der Waals surface area contributed by atoms with E-state index in [4.69, 9.17) is 4.74 Å². The van der Waals surface area contributed by atoms with Crippen LogP contribution in [0.25, 0.3) is 0 Å². The lowest BCUT2D eigenvalue weighted by Crippen LogP contribution is -2.69. The zero-order valence-electron chi connectivity index (χ0n) is 19.0. The lowest BCUT2D eigenvalue weighted by molar-refractivity contribution is -0.176. The number of carbonyl (C=O) groups is 1. The Morgan fingerprint density at radius 3 is 2.60 bits per heavy atom. The molecule has 168 valence electrons. The van der Waals surface area contributed by atoms with Gasteiger partial charge in [-0.3, -0.25) is 9.79 Å². The zero-order chi connectivity index (χ0) is 21.1. The predicted octanol–water partition coefficient (Wildman–Crippen LogP) is 3.34. The lowest BCUT2D eigenvalue weighted by Gasteiger charge is -2.59. The molecule has 0 bridgehead atoms. The summed E-state index contributed by atoms with van der Waals surface area (Å²) in [4.78, 5) is 18.9. The maximum absolute atomic E-state index is 12.6. The van der Waals surface area contributed by atoms with E-state index in [9.17, 15) is 4.79 Å². The summed E-state index contributed by atoms with van der Waals surface area (Å²) in [5.41, 5.74) is 2.57. The molecule has 2 atom stereocenters. The minimum Gasteiger partial charge on any atom is -0.378 e. The number of hydrogen-bond acceptors (Lipinski definition) is 3. The maximum atomic E-state index is 12.6. The highest BCUT2D eigenvalue weighted by molar-refractivity contribution is 14.0. The van der Waals surface area contributed by atoms with Crippen LogP contribution in [0.1, 0.15) is 51.2 Å². The Balaban J connectivity index is 0.00000320. The number of nitrogens with zero attached hydrogens (tertiary/aromatic N) is 2. The summed E-state index contributed by atoms with van der Waals surface area (Å²) in [6, 6.07) is 8.73. The van der Waals surface area contributed by atoms with Crippen molar-refractivity contribution in [3.63, 3.8) is 0 Å². The van der Waals surface area contributed by atoms with Gasteiger partial charge in [0.1, 0.15) is 0 Å². The molecule has 1 aromatic carbocycles. The van der Waals surface area contributed by atoms with E-state index in [1.54, 1.807) is 14.2 Å². The number of aliphatic imine (C=N–C) groups is 1. The molecule has 30 heavy (non-hydrogen) atoms. The number of methoxy groups -OCH3 is 1. The molecular formula is C23H37IN4O2. The maximum Gasteiger partial charge on any atom is 0.222 e. The van der Waals surface area contributed by atoms with Crippen LogP contribution in [0.3, 0.4) is 0 Å². The standard InChI is InChI=1S/C23H36N4O2.HI/c1-22(2)19(15-23(22,3)29-5)26-21(24-4)25-13-8-11-20(28)27-14-12-17-9-6-7-10-18(17)16-27;/h6-7,9-10,19H,8,11-16H2,1-5H3,(H2,24,25,26);1H. The Kier molecular flexibility index (Phi) is 8.56. The highest BCUT2D eigenvalue weighted by Gasteiger charge is 2.58. The second kappa shape index (κ2) is 10.3. The highest BCUT2D eigenvalue weighted by atomic mass is 127. The van der Waals surface area contributed by atoms with Crippen molar-refractivity contribution in [3.05, 3.63) is 35.4 Å². The fraction of sp³-hybridized carbons (Fsp3) is 0.652. The van der Waals surface area contributed by atoms with Crippen LogP contribution in [0.4, 0.5) is 0 Å². The van der Waals surface area contributed by atoms with Gasteiger partial charge in [0, 0.05) is 51.7 Å². The number of halogens is 1. The molecule has 7 heteroatoms. The van der Waals surface area contributed by atoms with Crippen molar-refractivity contribution in [1.82, 2.24) is 15.5 Å². The van der Waals surface area contributed by atoms with Crippen LogP contribution in [0, 0.1) is 5.41 Å². The predicted molar refractivity (Wildman–Crippen MR) is 132 cm³/mol. The van der Waals surface area contributed by atoms with E-state index in [0.29, 0.717) is 12.5 Å². The molecule has 2 aliphatic rings. The van der Waals surface area contributed by atoms with Crippen LogP contribution in [0.2, 0.25) is 0 Å². The number of rotatable bonds is 6. The van der Waals surface area contributed by atoms with Crippen LogP contribution in [0.5, 0.6) is 0 Å². The van der Waals surface area contributed by atoms with Gasteiger partial charge in [-0.1, -0.05) is 38.1 Å². The largest absolute Gasteiger partial charge is 0.378 e. The average Bonchev–Trinajstić information content (AvgIpc) is 2.74. The van der Waals surface area contributed by atoms with E-state index in [1.165, 1.54) is 11.1 Å². The molecule has 1 amide bonds. The Labute approximate surface area is 198 Å². The molecule has 0 radical (unpaired) electrons. The molecule has 1 fully saturated rings. The Morgan fingerprint density at radius 2 is 1.97 bits per heavy atom. The minimum atomic E-state index is -0.108. The molecule has 0 aromatic heterocycles. The molecule has 1 aromatic rings. The minimum absolute atomic E-state index is 0. The fourth-order valence-corrected chi connectivity index (χ4v) is 4.40. The third-order valence-electron chi connectivity index (χ3n) is 7.16. The summed E-state index contributed by atoms with van der Waals surface area (Å²) in [5.74, 6) is 1.03. The Morgan fingerprint density at radius 1 is 1.27 bits per heavy atom. The molecule has 3 rings (SSSR count). The Bertz CT molecular complexity index is 767. The number of benzene rings is 1. The van der Waals surface area contributed by atoms with Gasteiger partial charge < -0.3 is 20.3 Å². The third-order valence-corrected chi connectivity index (χ3v) is 7.16.